The summed E-state index contributed by atoms with van der Waals surface area (Å²) in [6.07, 6.45) is 6.71. The van der Waals surface area contributed by atoms with Crippen molar-refractivity contribution in [2.24, 2.45) is 5.73 Å². The first kappa shape index (κ1) is 13.4. The minimum atomic E-state index is -0.492. The average molecular weight is 279 g/mol. The van der Waals surface area contributed by atoms with E-state index in [2.05, 4.69) is 34.2 Å². The number of hydrogen-bond acceptors (Lipinski definition) is 2. The number of amides is 1. The minimum absolute atomic E-state index is 0.311. The molecule has 0 aliphatic carbocycles. The van der Waals surface area contributed by atoms with E-state index in [1.807, 2.05) is 12.3 Å². The monoisotopic (exact) mass is 279 g/mol. The SMILES string of the molecule is NC(=O)c1cc2c(CCCc3ccccc3)c[nH]c2cn1. The lowest BCUT2D eigenvalue weighted by Crippen LogP contribution is -2.12. The first-order valence-electron chi connectivity index (χ1n) is 7.04. The minimum Gasteiger partial charge on any atom is -0.364 e. The summed E-state index contributed by atoms with van der Waals surface area (Å²) >= 11 is 0. The largest absolute Gasteiger partial charge is 0.364 e. The molecule has 0 saturated heterocycles. The summed E-state index contributed by atoms with van der Waals surface area (Å²) in [4.78, 5) is 18.5. The van der Waals surface area contributed by atoms with Crippen molar-refractivity contribution in [1.29, 1.82) is 0 Å². The van der Waals surface area contributed by atoms with E-state index < -0.39 is 5.91 Å². The fraction of sp³-hybridized carbons (Fsp3) is 0.176. The Bertz CT molecular complexity index is 762. The topological polar surface area (TPSA) is 71.8 Å². The lowest BCUT2D eigenvalue weighted by Gasteiger charge is -2.02. The van der Waals surface area contributed by atoms with E-state index >= 15 is 0 Å². The number of nitrogens with zero attached hydrogens (tertiary/aromatic N) is 1. The lowest BCUT2D eigenvalue weighted by atomic mass is 10.0. The summed E-state index contributed by atoms with van der Waals surface area (Å²) in [5, 5.41) is 1.03. The van der Waals surface area contributed by atoms with Crippen molar-refractivity contribution in [2.45, 2.75) is 19.3 Å². The van der Waals surface area contributed by atoms with Gasteiger partial charge in [-0.25, -0.2) is 4.98 Å². The van der Waals surface area contributed by atoms with Gasteiger partial charge in [-0.15, -0.1) is 0 Å². The van der Waals surface area contributed by atoms with Crippen LogP contribution in [0, 0.1) is 0 Å². The van der Waals surface area contributed by atoms with E-state index in [-0.39, 0.29) is 0 Å². The molecule has 2 aromatic heterocycles. The summed E-state index contributed by atoms with van der Waals surface area (Å²) in [5.41, 5.74) is 9.08. The molecule has 1 amide bonds. The maximum atomic E-state index is 11.2. The molecule has 0 bridgehead atoms. The van der Waals surface area contributed by atoms with Gasteiger partial charge in [-0.3, -0.25) is 4.79 Å². The smallest absolute Gasteiger partial charge is 0.267 e. The van der Waals surface area contributed by atoms with Crippen molar-refractivity contribution in [3.8, 4) is 0 Å². The van der Waals surface area contributed by atoms with Crippen molar-refractivity contribution in [3.05, 3.63) is 65.6 Å². The van der Waals surface area contributed by atoms with Crippen LogP contribution >= 0.6 is 0 Å². The van der Waals surface area contributed by atoms with Crippen LogP contribution in [0.4, 0.5) is 0 Å². The van der Waals surface area contributed by atoms with Crippen molar-refractivity contribution < 1.29 is 4.79 Å². The fourth-order valence-corrected chi connectivity index (χ4v) is 2.55. The Morgan fingerprint density at radius 2 is 2.00 bits per heavy atom. The van der Waals surface area contributed by atoms with Crippen LogP contribution in [-0.2, 0) is 12.8 Å². The molecule has 3 N–H and O–H groups in total. The highest BCUT2D eigenvalue weighted by atomic mass is 16.1. The third-order valence-corrected chi connectivity index (χ3v) is 3.66. The zero-order valence-corrected chi connectivity index (χ0v) is 11.7. The summed E-state index contributed by atoms with van der Waals surface area (Å²) < 4.78 is 0. The van der Waals surface area contributed by atoms with Crippen molar-refractivity contribution in [1.82, 2.24) is 9.97 Å². The maximum Gasteiger partial charge on any atom is 0.267 e. The lowest BCUT2D eigenvalue weighted by molar-refractivity contribution is 0.0996. The van der Waals surface area contributed by atoms with Gasteiger partial charge < -0.3 is 10.7 Å². The van der Waals surface area contributed by atoms with Gasteiger partial charge in [0.2, 0.25) is 0 Å². The normalized spacial score (nSPS) is 10.9. The van der Waals surface area contributed by atoms with Crippen molar-refractivity contribution in [3.63, 3.8) is 0 Å². The fourth-order valence-electron chi connectivity index (χ4n) is 2.55. The molecular formula is C17H17N3O. The molecule has 1 aromatic carbocycles. The number of carbonyl (C=O) groups excluding carboxylic acids is 1. The molecule has 0 radical (unpaired) electrons. The molecule has 4 heteroatoms. The molecule has 0 aliphatic heterocycles. The van der Waals surface area contributed by atoms with Crippen LogP contribution in [0.15, 0.2) is 48.8 Å². The molecule has 4 nitrogen and oxygen atoms in total. The average Bonchev–Trinajstić information content (AvgIpc) is 2.91. The number of aryl methyl sites for hydroxylation is 2. The molecule has 2 heterocycles. The molecule has 3 rings (SSSR count). The number of aromatic nitrogens is 2. The van der Waals surface area contributed by atoms with E-state index in [9.17, 15) is 4.79 Å². The number of nitrogens with two attached hydrogens (primary N) is 1. The van der Waals surface area contributed by atoms with Gasteiger partial charge in [-0.1, -0.05) is 30.3 Å². The molecule has 0 spiro atoms. The summed E-state index contributed by atoms with van der Waals surface area (Å²) in [6, 6.07) is 12.2. The van der Waals surface area contributed by atoms with Crippen LogP contribution in [0.2, 0.25) is 0 Å². The number of primary amides is 1. The van der Waals surface area contributed by atoms with Gasteiger partial charge in [0, 0.05) is 11.6 Å². The number of H-pyrrole nitrogens is 1. The first-order valence-corrected chi connectivity index (χ1v) is 7.04. The summed E-state index contributed by atoms with van der Waals surface area (Å²) in [7, 11) is 0. The van der Waals surface area contributed by atoms with Crippen LogP contribution < -0.4 is 5.73 Å². The molecule has 106 valence electrons. The second kappa shape index (κ2) is 5.79. The Morgan fingerprint density at radius 3 is 2.76 bits per heavy atom. The van der Waals surface area contributed by atoms with E-state index in [1.54, 1.807) is 12.3 Å². The molecule has 0 saturated carbocycles. The van der Waals surface area contributed by atoms with Gasteiger partial charge in [0.15, 0.2) is 0 Å². The molecule has 0 unspecified atom stereocenters. The molecule has 0 fully saturated rings. The number of aromatic amines is 1. The molecule has 21 heavy (non-hydrogen) atoms. The Hall–Kier alpha value is -2.62. The van der Waals surface area contributed by atoms with Crippen LogP contribution in [0.25, 0.3) is 10.9 Å². The molecule has 0 atom stereocenters. The van der Waals surface area contributed by atoms with E-state index in [0.29, 0.717) is 5.69 Å². The van der Waals surface area contributed by atoms with E-state index in [4.69, 9.17) is 5.73 Å². The standard InChI is InChI=1S/C17H17N3O/c18-17(21)15-9-14-13(10-19-16(14)11-20-15)8-4-7-12-5-2-1-3-6-12/h1-3,5-6,9-11,19H,4,7-8H2,(H2,18,21). The Labute approximate surface area is 123 Å². The van der Waals surface area contributed by atoms with Crippen LogP contribution in [0.3, 0.4) is 0 Å². The van der Waals surface area contributed by atoms with E-state index in [0.717, 1.165) is 30.2 Å². The number of carbonyl (C=O) groups is 1. The number of hydrogen-bond donors (Lipinski definition) is 2. The van der Waals surface area contributed by atoms with Gasteiger partial charge in [0.25, 0.3) is 5.91 Å². The first-order chi connectivity index (χ1) is 10.2. The van der Waals surface area contributed by atoms with Gasteiger partial charge >= 0.3 is 0 Å². The number of fused-ring (bicyclic) bond motifs is 1. The number of benzene rings is 1. The third-order valence-electron chi connectivity index (χ3n) is 3.66. The highest BCUT2D eigenvalue weighted by Gasteiger charge is 2.08. The summed E-state index contributed by atoms with van der Waals surface area (Å²) in [6.45, 7) is 0. The highest BCUT2D eigenvalue weighted by Crippen LogP contribution is 2.20. The van der Waals surface area contributed by atoms with Gasteiger partial charge in [0.05, 0.1) is 11.7 Å². The predicted molar refractivity (Wildman–Crippen MR) is 83.1 cm³/mol. The Morgan fingerprint density at radius 1 is 1.19 bits per heavy atom. The molecule has 3 aromatic rings. The second-order valence-electron chi connectivity index (χ2n) is 5.13. The molecular weight excluding hydrogens is 262 g/mol. The Balaban J connectivity index is 1.74. The predicted octanol–water partition coefficient (Wildman–Crippen LogP) is 2.84. The maximum absolute atomic E-state index is 11.2. The van der Waals surface area contributed by atoms with Crippen molar-refractivity contribution >= 4 is 16.8 Å². The van der Waals surface area contributed by atoms with Gasteiger partial charge in [-0.2, -0.15) is 0 Å². The van der Waals surface area contributed by atoms with Crippen LogP contribution in [-0.4, -0.2) is 15.9 Å². The highest BCUT2D eigenvalue weighted by molar-refractivity contribution is 5.95. The van der Waals surface area contributed by atoms with Crippen LogP contribution in [0.5, 0.6) is 0 Å². The number of nitrogens with one attached hydrogen (secondary N) is 1. The third kappa shape index (κ3) is 2.94. The van der Waals surface area contributed by atoms with Crippen molar-refractivity contribution in [2.75, 3.05) is 0 Å². The zero-order valence-electron chi connectivity index (χ0n) is 11.7. The summed E-state index contributed by atoms with van der Waals surface area (Å²) in [5.74, 6) is -0.492. The quantitative estimate of drug-likeness (QED) is 0.753. The zero-order chi connectivity index (χ0) is 14.7. The number of rotatable bonds is 5. The van der Waals surface area contributed by atoms with Gasteiger partial charge in [-0.05, 0) is 36.5 Å². The molecule has 0 aliphatic rings. The van der Waals surface area contributed by atoms with Crippen LogP contribution in [0.1, 0.15) is 28.0 Å². The Kier molecular flexibility index (Phi) is 3.69. The number of pyridine rings is 1. The second-order valence-corrected chi connectivity index (χ2v) is 5.13. The van der Waals surface area contributed by atoms with E-state index in [1.165, 1.54) is 11.1 Å². The van der Waals surface area contributed by atoms with Gasteiger partial charge in [0.1, 0.15) is 5.69 Å².